The lowest BCUT2D eigenvalue weighted by Gasteiger charge is -2.27. The van der Waals surface area contributed by atoms with Crippen LogP contribution in [-0.2, 0) is 9.57 Å². The summed E-state index contributed by atoms with van der Waals surface area (Å²) in [6.45, 7) is 0. The Kier molecular flexibility index (Phi) is 4.37. The van der Waals surface area contributed by atoms with Crippen LogP contribution < -0.4 is 4.74 Å². The van der Waals surface area contributed by atoms with Gasteiger partial charge in [0.1, 0.15) is 24.7 Å². The molecule has 0 fully saturated rings. The van der Waals surface area contributed by atoms with Crippen LogP contribution in [0.1, 0.15) is 34.0 Å². The van der Waals surface area contributed by atoms with E-state index in [-0.39, 0.29) is 17.8 Å². The molecular weight excluding hydrogens is 310 g/mol. The topological polar surface area (TPSA) is 77.4 Å². The van der Waals surface area contributed by atoms with E-state index >= 15 is 0 Å². The molecule has 0 bridgehead atoms. The molecule has 1 aliphatic heterocycles. The zero-order valence-electron chi connectivity index (χ0n) is 13.4. The quantitative estimate of drug-likeness (QED) is 0.692. The first-order chi connectivity index (χ1) is 11.6. The molecule has 6 heteroatoms. The summed E-state index contributed by atoms with van der Waals surface area (Å²) in [5.74, 6) is 0.273. The van der Waals surface area contributed by atoms with Gasteiger partial charge in [0.15, 0.2) is 0 Å². The molecule has 0 radical (unpaired) electrons. The summed E-state index contributed by atoms with van der Waals surface area (Å²) in [4.78, 5) is 16.4. The van der Waals surface area contributed by atoms with Gasteiger partial charge in [-0.3, -0.25) is 0 Å². The van der Waals surface area contributed by atoms with Gasteiger partial charge in [0.25, 0.3) is 0 Å². The Labute approximate surface area is 139 Å². The monoisotopic (exact) mass is 327 g/mol. The molecule has 1 heterocycles. The predicted molar refractivity (Wildman–Crippen MR) is 87.4 cm³/mol. The standard InChI is InChI=1S/C18H17NO5/c1-22-18(21)12-5-3-11(4-6-12)16-10-15(19-23-2)14-8-7-13(20)9-17(14)24-16/h3-9,16,20H,10H2,1-2H3/b19-15+. The van der Waals surface area contributed by atoms with Gasteiger partial charge in [0.2, 0.25) is 0 Å². The zero-order chi connectivity index (χ0) is 17.1. The molecule has 1 atom stereocenters. The van der Waals surface area contributed by atoms with Crippen molar-refractivity contribution in [2.45, 2.75) is 12.5 Å². The lowest BCUT2D eigenvalue weighted by atomic mass is 9.95. The third-order valence-corrected chi connectivity index (χ3v) is 3.83. The van der Waals surface area contributed by atoms with Crippen molar-refractivity contribution in [3.63, 3.8) is 0 Å². The van der Waals surface area contributed by atoms with E-state index in [0.717, 1.165) is 16.8 Å². The van der Waals surface area contributed by atoms with Gasteiger partial charge >= 0.3 is 5.97 Å². The van der Waals surface area contributed by atoms with Crippen molar-refractivity contribution in [1.29, 1.82) is 0 Å². The van der Waals surface area contributed by atoms with Crippen LogP contribution in [0.15, 0.2) is 47.6 Å². The van der Waals surface area contributed by atoms with Gasteiger partial charge in [0.05, 0.1) is 18.4 Å². The summed E-state index contributed by atoms with van der Waals surface area (Å²) < 4.78 is 10.7. The van der Waals surface area contributed by atoms with E-state index in [1.165, 1.54) is 14.2 Å². The smallest absolute Gasteiger partial charge is 0.337 e. The van der Waals surface area contributed by atoms with E-state index in [4.69, 9.17) is 14.3 Å². The molecule has 2 aromatic rings. The molecule has 2 aromatic carbocycles. The van der Waals surface area contributed by atoms with Crippen LogP contribution in [0.25, 0.3) is 0 Å². The van der Waals surface area contributed by atoms with E-state index in [9.17, 15) is 9.90 Å². The van der Waals surface area contributed by atoms with Gasteiger partial charge in [0, 0.05) is 18.1 Å². The van der Waals surface area contributed by atoms with Crippen molar-refractivity contribution in [2.75, 3.05) is 14.2 Å². The fourth-order valence-electron chi connectivity index (χ4n) is 2.66. The minimum Gasteiger partial charge on any atom is -0.508 e. The first kappa shape index (κ1) is 15.9. The Bertz CT molecular complexity index is 782. The lowest BCUT2D eigenvalue weighted by Crippen LogP contribution is -2.21. The third-order valence-electron chi connectivity index (χ3n) is 3.83. The predicted octanol–water partition coefficient (Wildman–Crippen LogP) is 3.05. The highest BCUT2D eigenvalue weighted by Crippen LogP contribution is 2.37. The number of hydrogen-bond acceptors (Lipinski definition) is 6. The van der Waals surface area contributed by atoms with Gasteiger partial charge < -0.3 is 19.4 Å². The second kappa shape index (κ2) is 6.62. The third kappa shape index (κ3) is 3.03. The van der Waals surface area contributed by atoms with Crippen molar-refractivity contribution < 1.29 is 24.2 Å². The van der Waals surface area contributed by atoms with E-state index in [1.54, 1.807) is 30.3 Å². The van der Waals surface area contributed by atoms with Crippen molar-refractivity contribution in [3.05, 3.63) is 59.2 Å². The molecule has 0 saturated carbocycles. The molecule has 0 aromatic heterocycles. The number of rotatable bonds is 3. The van der Waals surface area contributed by atoms with Crippen LogP contribution in [0.2, 0.25) is 0 Å². The molecule has 124 valence electrons. The molecule has 0 amide bonds. The number of esters is 1. The molecular formula is C18H17NO5. The Morgan fingerprint density at radius 1 is 1.21 bits per heavy atom. The van der Waals surface area contributed by atoms with Gasteiger partial charge in [-0.15, -0.1) is 0 Å². The normalized spacial score (nSPS) is 17.8. The summed E-state index contributed by atoms with van der Waals surface area (Å²) in [6, 6.07) is 11.9. The first-order valence-corrected chi connectivity index (χ1v) is 7.40. The second-order valence-corrected chi connectivity index (χ2v) is 5.33. The Balaban J connectivity index is 1.92. The van der Waals surface area contributed by atoms with Crippen molar-refractivity contribution in [1.82, 2.24) is 0 Å². The number of benzene rings is 2. The molecule has 1 N–H and O–H groups in total. The summed E-state index contributed by atoms with van der Waals surface area (Å²) in [7, 11) is 2.83. The van der Waals surface area contributed by atoms with E-state index in [2.05, 4.69) is 5.16 Å². The number of phenolic OH excluding ortho intramolecular Hbond substituents is 1. The number of phenols is 1. The van der Waals surface area contributed by atoms with Gasteiger partial charge in [-0.1, -0.05) is 17.3 Å². The van der Waals surface area contributed by atoms with Crippen LogP contribution in [0.5, 0.6) is 11.5 Å². The van der Waals surface area contributed by atoms with E-state index < -0.39 is 0 Å². The van der Waals surface area contributed by atoms with Crippen LogP contribution in [0.3, 0.4) is 0 Å². The number of oxime groups is 1. The largest absolute Gasteiger partial charge is 0.508 e. The highest BCUT2D eigenvalue weighted by molar-refractivity contribution is 6.04. The van der Waals surface area contributed by atoms with Crippen LogP contribution in [0.4, 0.5) is 0 Å². The maximum atomic E-state index is 11.5. The average molecular weight is 327 g/mol. The Morgan fingerprint density at radius 2 is 1.96 bits per heavy atom. The van der Waals surface area contributed by atoms with Crippen molar-refractivity contribution in [2.24, 2.45) is 5.16 Å². The maximum absolute atomic E-state index is 11.5. The fraction of sp³-hybridized carbons (Fsp3) is 0.222. The van der Waals surface area contributed by atoms with Gasteiger partial charge in [-0.25, -0.2) is 4.79 Å². The summed E-state index contributed by atoms with van der Waals surface area (Å²) >= 11 is 0. The van der Waals surface area contributed by atoms with Crippen LogP contribution in [-0.4, -0.2) is 31.0 Å². The Morgan fingerprint density at radius 3 is 2.62 bits per heavy atom. The lowest BCUT2D eigenvalue weighted by molar-refractivity contribution is 0.0600. The average Bonchev–Trinajstić information content (AvgIpc) is 2.61. The molecule has 3 rings (SSSR count). The molecule has 0 spiro atoms. The van der Waals surface area contributed by atoms with E-state index in [1.807, 2.05) is 12.1 Å². The van der Waals surface area contributed by atoms with Gasteiger partial charge in [-0.05, 0) is 29.8 Å². The number of nitrogens with zero attached hydrogens (tertiary/aromatic N) is 1. The number of hydrogen-bond donors (Lipinski definition) is 1. The second-order valence-electron chi connectivity index (χ2n) is 5.33. The Hall–Kier alpha value is -3.02. The number of carbonyl (C=O) groups excluding carboxylic acids is 1. The molecule has 24 heavy (non-hydrogen) atoms. The maximum Gasteiger partial charge on any atom is 0.337 e. The van der Waals surface area contributed by atoms with Crippen LogP contribution >= 0.6 is 0 Å². The van der Waals surface area contributed by atoms with Crippen LogP contribution in [0, 0.1) is 0 Å². The number of aromatic hydroxyl groups is 1. The van der Waals surface area contributed by atoms with Crippen molar-refractivity contribution >= 4 is 11.7 Å². The van der Waals surface area contributed by atoms with Gasteiger partial charge in [-0.2, -0.15) is 0 Å². The summed E-state index contributed by atoms with van der Waals surface area (Å²) in [5, 5.41) is 13.8. The minimum absolute atomic E-state index is 0.118. The highest BCUT2D eigenvalue weighted by atomic mass is 16.6. The summed E-state index contributed by atoms with van der Waals surface area (Å²) in [6.07, 6.45) is 0.225. The first-order valence-electron chi connectivity index (χ1n) is 7.40. The minimum atomic E-state index is -0.386. The fourth-order valence-corrected chi connectivity index (χ4v) is 2.66. The number of ether oxygens (including phenoxy) is 2. The molecule has 0 saturated heterocycles. The van der Waals surface area contributed by atoms with E-state index in [0.29, 0.717) is 17.7 Å². The number of fused-ring (bicyclic) bond motifs is 1. The molecule has 1 aliphatic rings. The van der Waals surface area contributed by atoms with Crippen molar-refractivity contribution in [3.8, 4) is 11.5 Å². The zero-order valence-corrected chi connectivity index (χ0v) is 13.4. The molecule has 6 nitrogen and oxygen atoms in total. The number of carbonyl (C=O) groups is 1. The molecule has 0 aliphatic carbocycles. The highest BCUT2D eigenvalue weighted by Gasteiger charge is 2.27. The molecule has 1 unspecified atom stereocenters. The number of methoxy groups -OCH3 is 1. The SMILES string of the molecule is CO/N=C1\CC(c2ccc(C(=O)OC)cc2)Oc2cc(O)ccc21. The summed E-state index contributed by atoms with van der Waals surface area (Å²) in [5.41, 5.74) is 2.89.